The molecule has 0 fully saturated rings. The summed E-state index contributed by atoms with van der Waals surface area (Å²) >= 11 is 0. The number of hydrogen-bond acceptors (Lipinski definition) is 2. The molecule has 1 aromatic rings. The number of rotatable bonds is 5. The van der Waals surface area contributed by atoms with Crippen molar-refractivity contribution >= 4 is 5.91 Å². The molecule has 1 aliphatic heterocycles. The first-order valence-electron chi connectivity index (χ1n) is 8.10. The lowest BCUT2D eigenvalue weighted by molar-refractivity contribution is -0.132. The van der Waals surface area contributed by atoms with Gasteiger partial charge < -0.3 is 10.0 Å². The van der Waals surface area contributed by atoms with E-state index in [4.69, 9.17) is 0 Å². The zero-order valence-electron chi connectivity index (χ0n) is 13.4. The zero-order chi connectivity index (χ0) is 15.4. The molecule has 3 heteroatoms. The Bertz CT molecular complexity index is 496. The predicted octanol–water partition coefficient (Wildman–Crippen LogP) is 3.45. The van der Waals surface area contributed by atoms with Gasteiger partial charge in [0.15, 0.2) is 0 Å². The topological polar surface area (TPSA) is 40.5 Å². The lowest BCUT2D eigenvalue weighted by Crippen LogP contribution is -2.35. The molecule has 1 N–H and O–H groups in total. The Labute approximate surface area is 128 Å². The van der Waals surface area contributed by atoms with Crippen LogP contribution in [-0.2, 0) is 17.8 Å². The molecular weight excluding hydrogens is 262 g/mol. The van der Waals surface area contributed by atoms with Crippen molar-refractivity contribution in [3.63, 3.8) is 0 Å². The number of aliphatic hydroxyl groups excluding tert-OH is 1. The van der Waals surface area contributed by atoms with Crippen molar-refractivity contribution in [1.82, 2.24) is 4.90 Å². The van der Waals surface area contributed by atoms with E-state index in [1.807, 2.05) is 24.8 Å². The van der Waals surface area contributed by atoms with Gasteiger partial charge in [-0.25, -0.2) is 0 Å². The highest BCUT2D eigenvalue weighted by atomic mass is 16.3. The molecule has 0 aliphatic carbocycles. The van der Waals surface area contributed by atoms with Gasteiger partial charge in [-0.2, -0.15) is 0 Å². The molecule has 1 unspecified atom stereocenters. The maximum atomic E-state index is 12.2. The van der Waals surface area contributed by atoms with Crippen molar-refractivity contribution < 1.29 is 9.90 Å². The second-order valence-corrected chi connectivity index (χ2v) is 6.39. The molecule has 1 amide bonds. The molecule has 1 aromatic carbocycles. The van der Waals surface area contributed by atoms with E-state index in [1.165, 1.54) is 11.1 Å². The second kappa shape index (κ2) is 7.08. The van der Waals surface area contributed by atoms with Gasteiger partial charge >= 0.3 is 0 Å². The molecule has 0 spiro atoms. The van der Waals surface area contributed by atoms with Crippen LogP contribution >= 0.6 is 0 Å². The van der Waals surface area contributed by atoms with E-state index in [0.717, 1.165) is 31.4 Å². The van der Waals surface area contributed by atoms with Gasteiger partial charge in [0, 0.05) is 19.5 Å². The van der Waals surface area contributed by atoms with E-state index in [0.29, 0.717) is 13.0 Å². The number of benzene rings is 1. The van der Waals surface area contributed by atoms with Crippen molar-refractivity contribution in [2.24, 2.45) is 5.92 Å². The smallest absolute Gasteiger partial charge is 0.222 e. The van der Waals surface area contributed by atoms with Crippen LogP contribution in [0.25, 0.3) is 0 Å². The molecule has 1 atom stereocenters. The summed E-state index contributed by atoms with van der Waals surface area (Å²) in [6.07, 6.45) is 3.17. The molecule has 21 heavy (non-hydrogen) atoms. The average Bonchev–Trinajstić information content (AvgIpc) is 2.50. The largest absolute Gasteiger partial charge is 0.388 e. The quantitative estimate of drug-likeness (QED) is 0.902. The van der Waals surface area contributed by atoms with E-state index in [1.54, 1.807) is 0 Å². The van der Waals surface area contributed by atoms with Crippen LogP contribution in [0.3, 0.4) is 0 Å². The van der Waals surface area contributed by atoms with Crippen LogP contribution in [0.4, 0.5) is 0 Å². The van der Waals surface area contributed by atoms with Crippen molar-refractivity contribution in [3.8, 4) is 0 Å². The SMILES string of the molecule is CCCCC(=O)N1CCc2ccc(C(O)C(C)C)cc2C1. The summed E-state index contributed by atoms with van der Waals surface area (Å²) in [7, 11) is 0. The molecular formula is C18H27NO2. The minimum absolute atomic E-state index is 0.203. The van der Waals surface area contributed by atoms with Gasteiger partial charge in [-0.05, 0) is 35.4 Å². The van der Waals surface area contributed by atoms with Gasteiger partial charge in [0.25, 0.3) is 0 Å². The number of carbonyl (C=O) groups excluding carboxylic acids is 1. The Balaban J connectivity index is 2.11. The standard InChI is InChI=1S/C18H27NO2/c1-4-5-6-17(20)19-10-9-14-7-8-15(11-16(14)12-19)18(21)13(2)3/h7-8,11,13,18,21H,4-6,9-10,12H2,1-3H3. The monoisotopic (exact) mass is 289 g/mol. The first-order valence-corrected chi connectivity index (χ1v) is 8.10. The van der Waals surface area contributed by atoms with E-state index < -0.39 is 6.10 Å². The molecule has 2 rings (SSSR count). The van der Waals surface area contributed by atoms with Gasteiger partial charge in [-0.1, -0.05) is 45.4 Å². The van der Waals surface area contributed by atoms with Crippen molar-refractivity contribution in [1.29, 1.82) is 0 Å². The Hall–Kier alpha value is -1.35. The minimum Gasteiger partial charge on any atom is -0.388 e. The zero-order valence-corrected chi connectivity index (χ0v) is 13.4. The van der Waals surface area contributed by atoms with Crippen LogP contribution in [-0.4, -0.2) is 22.5 Å². The number of unbranched alkanes of at least 4 members (excludes halogenated alkanes) is 1. The number of hydrogen-bond donors (Lipinski definition) is 1. The number of aliphatic hydroxyl groups is 1. The summed E-state index contributed by atoms with van der Waals surface area (Å²) in [4.78, 5) is 14.1. The highest BCUT2D eigenvalue weighted by molar-refractivity contribution is 5.76. The molecule has 3 nitrogen and oxygen atoms in total. The van der Waals surface area contributed by atoms with Gasteiger partial charge in [0.05, 0.1) is 6.10 Å². The highest BCUT2D eigenvalue weighted by Gasteiger charge is 2.21. The van der Waals surface area contributed by atoms with E-state index in [-0.39, 0.29) is 11.8 Å². The maximum Gasteiger partial charge on any atom is 0.222 e. The third-order valence-electron chi connectivity index (χ3n) is 4.31. The number of nitrogens with zero attached hydrogens (tertiary/aromatic N) is 1. The molecule has 0 saturated carbocycles. The molecule has 0 bridgehead atoms. The van der Waals surface area contributed by atoms with Crippen molar-refractivity contribution in [3.05, 3.63) is 34.9 Å². The summed E-state index contributed by atoms with van der Waals surface area (Å²) in [5, 5.41) is 10.2. The van der Waals surface area contributed by atoms with Crippen molar-refractivity contribution in [2.75, 3.05) is 6.54 Å². The van der Waals surface area contributed by atoms with Crippen LogP contribution < -0.4 is 0 Å². The summed E-state index contributed by atoms with van der Waals surface area (Å²) < 4.78 is 0. The minimum atomic E-state index is -0.429. The average molecular weight is 289 g/mol. The van der Waals surface area contributed by atoms with Crippen LogP contribution in [0.1, 0.15) is 62.8 Å². The highest BCUT2D eigenvalue weighted by Crippen LogP contribution is 2.27. The van der Waals surface area contributed by atoms with Gasteiger partial charge in [0.2, 0.25) is 5.91 Å². The molecule has 0 saturated heterocycles. The summed E-state index contributed by atoms with van der Waals surface area (Å²) in [5.41, 5.74) is 3.48. The van der Waals surface area contributed by atoms with Crippen LogP contribution in [0.15, 0.2) is 18.2 Å². The fourth-order valence-electron chi connectivity index (χ4n) is 2.84. The lowest BCUT2D eigenvalue weighted by Gasteiger charge is -2.30. The molecule has 1 heterocycles. The maximum absolute atomic E-state index is 12.2. The first-order chi connectivity index (χ1) is 10.0. The molecule has 0 radical (unpaired) electrons. The molecule has 1 aliphatic rings. The first kappa shape index (κ1) is 16.0. The van der Waals surface area contributed by atoms with Crippen LogP contribution in [0.2, 0.25) is 0 Å². The van der Waals surface area contributed by atoms with Gasteiger partial charge in [0.1, 0.15) is 0 Å². The van der Waals surface area contributed by atoms with Crippen LogP contribution in [0.5, 0.6) is 0 Å². The molecule has 0 aromatic heterocycles. The fraction of sp³-hybridized carbons (Fsp3) is 0.611. The Kier molecular flexibility index (Phi) is 5.40. The Morgan fingerprint density at radius 3 is 2.76 bits per heavy atom. The van der Waals surface area contributed by atoms with E-state index in [2.05, 4.69) is 19.1 Å². The second-order valence-electron chi connectivity index (χ2n) is 6.39. The lowest BCUT2D eigenvalue weighted by atomic mass is 9.92. The fourth-order valence-corrected chi connectivity index (χ4v) is 2.84. The number of fused-ring (bicyclic) bond motifs is 1. The summed E-state index contributed by atoms with van der Waals surface area (Å²) in [5.74, 6) is 0.464. The molecule has 116 valence electrons. The number of carbonyl (C=O) groups is 1. The summed E-state index contributed by atoms with van der Waals surface area (Å²) in [6.45, 7) is 7.66. The van der Waals surface area contributed by atoms with Crippen molar-refractivity contribution in [2.45, 2.75) is 59.1 Å². The Morgan fingerprint density at radius 2 is 2.10 bits per heavy atom. The van der Waals surface area contributed by atoms with E-state index in [9.17, 15) is 9.90 Å². The van der Waals surface area contributed by atoms with Crippen LogP contribution in [0, 0.1) is 5.92 Å². The third kappa shape index (κ3) is 3.85. The van der Waals surface area contributed by atoms with Gasteiger partial charge in [-0.15, -0.1) is 0 Å². The Morgan fingerprint density at radius 1 is 1.33 bits per heavy atom. The normalized spacial score (nSPS) is 16.0. The summed E-state index contributed by atoms with van der Waals surface area (Å²) in [6, 6.07) is 6.22. The van der Waals surface area contributed by atoms with E-state index >= 15 is 0 Å². The van der Waals surface area contributed by atoms with Gasteiger partial charge in [-0.3, -0.25) is 4.79 Å². The predicted molar refractivity (Wildman–Crippen MR) is 84.9 cm³/mol. The number of amides is 1. The third-order valence-corrected chi connectivity index (χ3v) is 4.31.